The van der Waals surface area contributed by atoms with Crippen LogP contribution in [0.15, 0.2) is 12.1 Å². The maximum absolute atomic E-state index is 12.5. The lowest BCUT2D eigenvalue weighted by Crippen LogP contribution is -2.34. The maximum Gasteiger partial charge on any atom is 0.220 e. The van der Waals surface area contributed by atoms with Crippen molar-refractivity contribution >= 4 is 5.91 Å². The van der Waals surface area contributed by atoms with Crippen LogP contribution in [-0.4, -0.2) is 33.2 Å². The number of hydrogen-bond donors (Lipinski definition) is 2. The number of aryl methyl sites for hydroxylation is 1. The van der Waals surface area contributed by atoms with Crippen LogP contribution in [0.5, 0.6) is 11.5 Å². The van der Waals surface area contributed by atoms with Crippen molar-refractivity contribution in [1.29, 1.82) is 0 Å². The van der Waals surface area contributed by atoms with E-state index in [1.807, 2.05) is 26.0 Å². The molecule has 5 nitrogen and oxygen atoms in total. The Labute approximate surface area is 151 Å². The van der Waals surface area contributed by atoms with Crippen molar-refractivity contribution in [3.05, 3.63) is 23.3 Å². The molecule has 1 amide bonds. The normalized spacial score (nSPS) is 17.6. The third-order valence-corrected chi connectivity index (χ3v) is 5.31. The Morgan fingerprint density at radius 3 is 2.40 bits per heavy atom. The Balaban J connectivity index is 1.98. The van der Waals surface area contributed by atoms with Crippen LogP contribution in [0.4, 0.5) is 0 Å². The van der Waals surface area contributed by atoms with Crippen LogP contribution in [0.2, 0.25) is 0 Å². The largest absolute Gasteiger partial charge is 0.493 e. The van der Waals surface area contributed by atoms with E-state index in [2.05, 4.69) is 17.6 Å². The van der Waals surface area contributed by atoms with E-state index in [9.17, 15) is 4.79 Å². The van der Waals surface area contributed by atoms with Crippen molar-refractivity contribution in [2.24, 2.45) is 11.8 Å². The molecule has 1 aliphatic heterocycles. The number of methoxy groups -OCH3 is 2. The summed E-state index contributed by atoms with van der Waals surface area (Å²) < 4.78 is 10.7. The molecule has 1 aromatic rings. The first kappa shape index (κ1) is 19.6. The molecule has 2 unspecified atom stereocenters. The second-order valence-corrected chi connectivity index (χ2v) is 7.12. The zero-order chi connectivity index (χ0) is 18.4. The molecule has 0 saturated carbocycles. The fraction of sp³-hybridized carbons (Fsp3) is 0.650. The van der Waals surface area contributed by atoms with Gasteiger partial charge in [0.05, 0.1) is 20.3 Å². The average molecular weight is 348 g/mol. The number of hydrogen-bond acceptors (Lipinski definition) is 4. The van der Waals surface area contributed by atoms with Crippen molar-refractivity contribution in [2.45, 2.75) is 46.1 Å². The maximum atomic E-state index is 12.5. The van der Waals surface area contributed by atoms with E-state index < -0.39 is 0 Å². The van der Waals surface area contributed by atoms with Gasteiger partial charge in [0.25, 0.3) is 0 Å². The first-order valence-corrected chi connectivity index (χ1v) is 9.18. The highest BCUT2D eigenvalue weighted by Gasteiger charge is 2.23. The van der Waals surface area contributed by atoms with Gasteiger partial charge in [-0.15, -0.1) is 0 Å². The molecule has 0 spiro atoms. The molecule has 0 radical (unpaired) electrons. The molecule has 1 aliphatic rings. The molecule has 0 aliphatic carbocycles. The Morgan fingerprint density at radius 2 is 1.80 bits per heavy atom. The number of rotatable bonds is 7. The number of carbonyl (C=O) groups is 1. The lowest BCUT2D eigenvalue weighted by Gasteiger charge is -2.28. The summed E-state index contributed by atoms with van der Waals surface area (Å²) in [6.45, 7) is 8.37. The minimum atomic E-state index is -0.0625. The van der Waals surface area contributed by atoms with Gasteiger partial charge in [0, 0.05) is 6.42 Å². The van der Waals surface area contributed by atoms with Gasteiger partial charge >= 0.3 is 0 Å². The summed E-state index contributed by atoms with van der Waals surface area (Å²) >= 11 is 0. The van der Waals surface area contributed by atoms with Crippen LogP contribution in [-0.2, 0) is 4.79 Å². The van der Waals surface area contributed by atoms with Crippen LogP contribution in [0.3, 0.4) is 0 Å². The number of piperidine rings is 1. The molecule has 0 aromatic heterocycles. The fourth-order valence-corrected chi connectivity index (χ4v) is 3.71. The molecule has 140 valence electrons. The van der Waals surface area contributed by atoms with Gasteiger partial charge in [-0.3, -0.25) is 4.79 Å². The molecule has 1 fully saturated rings. The van der Waals surface area contributed by atoms with Gasteiger partial charge in [0.1, 0.15) is 0 Å². The van der Waals surface area contributed by atoms with E-state index in [0.717, 1.165) is 24.2 Å². The van der Waals surface area contributed by atoms with Crippen molar-refractivity contribution in [3.63, 3.8) is 0 Å². The molecule has 5 heteroatoms. The van der Waals surface area contributed by atoms with Crippen LogP contribution in [0.1, 0.15) is 50.3 Å². The molecule has 1 aromatic carbocycles. The van der Waals surface area contributed by atoms with E-state index in [4.69, 9.17) is 9.47 Å². The summed E-state index contributed by atoms with van der Waals surface area (Å²) in [6.07, 6.45) is 2.92. The van der Waals surface area contributed by atoms with Gasteiger partial charge < -0.3 is 20.1 Å². The molecule has 1 saturated heterocycles. The highest BCUT2D eigenvalue weighted by Crippen LogP contribution is 2.33. The monoisotopic (exact) mass is 348 g/mol. The van der Waals surface area contributed by atoms with E-state index in [-0.39, 0.29) is 11.9 Å². The Bertz CT molecular complexity index is 583. The zero-order valence-electron chi connectivity index (χ0n) is 16.1. The summed E-state index contributed by atoms with van der Waals surface area (Å²) in [6, 6.07) is 3.84. The van der Waals surface area contributed by atoms with Crippen LogP contribution < -0.4 is 20.1 Å². The second-order valence-electron chi connectivity index (χ2n) is 7.12. The number of amides is 1. The van der Waals surface area contributed by atoms with Gasteiger partial charge in [-0.05, 0) is 74.9 Å². The molecular weight excluding hydrogens is 316 g/mol. The van der Waals surface area contributed by atoms with Crippen molar-refractivity contribution in [2.75, 3.05) is 27.3 Å². The van der Waals surface area contributed by atoms with Gasteiger partial charge in [-0.1, -0.05) is 6.92 Å². The smallest absolute Gasteiger partial charge is 0.220 e. The van der Waals surface area contributed by atoms with Crippen LogP contribution >= 0.6 is 0 Å². The molecule has 2 N–H and O–H groups in total. The van der Waals surface area contributed by atoms with Gasteiger partial charge in [-0.25, -0.2) is 0 Å². The van der Waals surface area contributed by atoms with Crippen molar-refractivity contribution < 1.29 is 14.3 Å². The average Bonchev–Trinajstić information content (AvgIpc) is 2.61. The Hall–Kier alpha value is -1.75. The van der Waals surface area contributed by atoms with Gasteiger partial charge in [0.2, 0.25) is 5.91 Å². The molecule has 0 bridgehead atoms. The van der Waals surface area contributed by atoms with Crippen molar-refractivity contribution in [1.82, 2.24) is 10.6 Å². The highest BCUT2D eigenvalue weighted by atomic mass is 16.5. The van der Waals surface area contributed by atoms with Crippen LogP contribution in [0, 0.1) is 18.8 Å². The molecule has 2 rings (SSSR count). The second kappa shape index (κ2) is 9.09. The fourth-order valence-electron chi connectivity index (χ4n) is 3.71. The SMILES string of the molecule is COc1cc(C)c(C(C)NC(=O)CC(C)C2CCNCC2)cc1OC. The highest BCUT2D eigenvalue weighted by molar-refractivity contribution is 5.76. The van der Waals surface area contributed by atoms with Crippen molar-refractivity contribution in [3.8, 4) is 11.5 Å². The minimum absolute atomic E-state index is 0.0625. The van der Waals surface area contributed by atoms with Gasteiger partial charge in [-0.2, -0.15) is 0 Å². The zero-order valence-corrected chi connectivity index (χ0v) is 16.1. The third-order valence-electron chi connectivity index (χ3n) is 5.31. The Morgan fingerprint density at radius 1 is 1.20 bits per heavy atom. The summed E-state index contributed by atoms with van der Waals surface area (Å²) in [5.41, 5.74) is 2.14. The molecule has 25 heavy (non-hydrogen) atoms. The molecular formula is C20H32N2O3. The van der Waals surface area contributed by atoms with E-state index in [1.165, 1.54) is 12.8 Å². The first-order valence-electron chi connectivity index (χ1n) is 9.18. The Kier molecular flexibility index (Phi) is 7.12. The minimum Gasteiger partial charge on any atom is -0.493 e. The summed E-state index contributed by atoms with van der Waals surface area (Å²) in [5.74, 6) is 2.58. The van der Waals surface area contributed by atoms with E-state index in [0.29, 0.717) is 29.8 Å². The predicted octanol–water partition coefficient (Wildman–Crippen LogP) is 3.22. The summed E-state index contributed by atoms with van der Waals surface area (Å²) in [7, 11) is 3.26. The van der Waals surface area contributed by atoms with E-state index >= 15 is 0 Å². The topological polar surface area (TPSA) is 59.6 Å². The number of ether oxygens (including phenoxy) is 2. The first-order chi connectivity index (χ1) is 12.0. The summed E-state index contributed by atoms with van der Waals surface area (Å²) in [4.78, 5) is 12.5. The quantitative estimate of drug-likeness (QED) is 0.794. The molecule has 1 heterocycles. The predicted molar refractivity (Wildman–Crippen MR) is 100 cm³/mol. The van der Waals surface area contributed by atoms with Gasteiger partial charge in [0.15, 0.2) is 11.5 Å². The lowest BCUT2D eigenvalue weighted by atomic mass is 9.84. The van der Waals surface area contributed by atoms with E-state index in [1.54, 1.807) is 14.2 Å². The summed E-state index contributed by atoms with van der Waals surface area (Å²) in [5, 5.41) is 6.53. The molecule has 2 atom stereocenters. The standard InChI is InChI=1S/C20H32N2O3/c1-13(16-6-8-21-9-7-16)11-20(23)22-15(3)17-12-19(25-5)18(24-4)10-14(17)2/h10,12-13,15-16,21H,6-9,11H2,1-5H3,(H,22,23). The van der Waals surface area contributed by atoms with Crippen LogP contribution in [0.25, 0.3) is 0 Å². The third kappa shape index (κ3) is 5.11. The number of benzene rings is 1. The lowest BCUT2D eigenvalue weighted by molar-refractivity contribution is -0.123. The number of nitrogens with one attached hydrogen (secondary N) is 2. The number of carbonyl (C=O) groups excluding carboxylic acids is 1.